The topological polar surface area (TPSA) is 89.8 Å². The van der Waals surface area contributed by atoms with Crippen LogP contribution in [0.3, 0.4) is 0 Å². The van der Waals surface area contributed by atoms with E-state index >= 15 is 0 Å². The summed E-state index contributed by atoms with van der Waals surface area (Å²) in [6.07, 6.45) is 0.717. The lowest BCUT2D eigenvalue weighted by Gasteiger charge is -2.14. The Bertz CT molecular complexity index is 1180. The number of carbonyl (C=O) groups is 1. The van der Waals surface area contributed by atoms with Crippen LogP contribution in [0.4, 0.5) is 5.69 Å². The van der Waals surface area contributed by atoms with Crippen LogP contribution >= 0.6 is 0 Å². The number of guanidine groups is 1. The van der Waals surface area contributed by atoms with Crippen LogP contribution in [0.5, 0.6) is 11.5 Å². The fourth-order valence-corrected chi connectivity index (χ4v) is 3.81. The third-order valence-electron chi connectivity index (χ3n) is 5.62. The number of amides is 1. The van der Waals surface area contributed by atoms with Crippen molar-refractivity contribution < 1.29 is 14.3 Å². The number of nitrogens with zero attached hydrogens (tertiary/aromatic N) is 3. The van der Waals surface area contributed by atoms with E-state index in [4.69, 9.17) is 9.47 Å². The molecule has 1 amide bonds. The lowest BCUT2D eigenvalue weighted by molar-refractivity contribution is 0.0977. The molecule has 0 fully saturated rings. The van der Waals surface area contributed by atoms with Crippen LogP contribution in [-0.4, -0.2) is 42.4 Å². The molecular formula is C26H33N5O3. The molecule has 3 rings (SSSR count). The number of nitrogens with one attached hydrogen (secondary N) is 2. The summed E-state index contributed by atoms with van der Waals surface area (Å²) in [5, 5.41) is 10.7. The molecular weight excluding hydrogens is 430 g/mol. The summed E-state index contributed by atoms with van der Waals surface area (Å²) < 4.78 is 12.7. The molecule has 1 heterocycles. The summed E-state index contributed by atoms with van der Waals surface area (Å²) in [4.78, 5) is 17.6. The van der Waals surface area contributed by atoms with Gasteiger partial charge in [-0.2, -0.15) is 5.10 Å². The van der Waals surface area contributed by atoms with Gasteiger partial charge in [-0.25, -0.2) is 0 Å². The maximum atomic E-state index is 12.9. The second-order valence-corrected chi connectivity index (χ2v) is 7.96. The lowest BCUT2D eigenvalue weighted by Crippen LogP contribution is -2.36. The van der Waals surface area contributed by atoms with Gasteiger partial charge in [-0.1, -0.05) is 17.7 Å². The molecule has 0 saturated carbocycles. The predicted octanol–water partition coefficient (Wildman–Crippen LogP) is 4.29. The zero-order valence-corrected chi connectivity index (χ0v) is 20.7. The molecule has 0 saturated heterocycles. The van der Waals surface area contributed by atoms with E-state index in [0.29, 0.717) is 35.3 Å². The van der Waals surface area contributed by atoms with Crippen LogP contribution < -0.4 is 20.1 Å². The van der Waals surface area contributed by atoms with Crippen LogP contribution in [0.25, 0.3) is 0 Å². The number of carbonyl (C=O) groups excluding carboxylic acids is 1. The second kappa shape index (κ2) is 11.4. The van der Waals surface area contributed by atoms with Crippen molar-refractivity contribution in [2.45, 2.75) is 40.7 Å². The maximum absolute atomic E-state index is 12.9. The van der Waals surface area contributed by atoms with Crippen LogP contribution in [0.15, 0.2) is 47.5 Å². The van der Waals surface area contributed by atoms with Gasteiger partial charge in [0.1, 0.15) is 0 Å². The first-order valence-corrected chi connectivity index (χ1v) is 11.3. The average Bonchev–Trinajstić information content (AvgIpc) is 3.11. The normalized spacial score (nSPS) is 11.3. The number of aromatic nitrogens is 2. The fourth-order valence-electron chi connectivity index (χ4n) is 3.81. The second-order valence-electron chi connectivity index (χ2n) is 7.96. The molecule has 0 atom stereocenters. The number of methoxy groups -OCH3 is 2. The van der Waals surface area contributed by atoms with Crippen molar-refractivity contribution in [2.75, 3.05) is 26.1 Å². The number of hydrogen-bond acceptors (Lipinski definition) is 5. The molecule has 0 aliphatic rings. The smallest absolute Gasteiger partial charge is 0.257 e. The molecule has 0 spiro atoms. The molecule has 8 nitrogen and oxygen atoms in total. The van der Waals surface area contributed by atoms with E-state index in [2.05, 4.69) is 34.6 Å². The Morgan fingerprint density at radius 2 is 1.82 bits per heavy atom. The van der Waals surface area contributed by atoms with Crippen molar-refractivity contribution in [3.8, 4) is 11.5 Å². The number of benzene rings is 2. The summed E-state index contributed by atoms with van der Waals surface area (Å²) in [6.45, 7) is 9.43. The van der Waals surface area contributed by atoms with Crippen LogP contribution in [0, 0.1) is 20.8 Å². The Morgan fingerprint density at radius 3 is 2.47 bits per heavy atom. The van der Waals surface area contributed by atoms with Crippen molar-refractivity contribution in [3.05, 3.63) is 70.5 Å². The minimum absolute atomic E-state index is 0.235. The lowest BCUT2D eigenvalue weighted by atomic mass is 10.1. The molecule has 8 heteroatoms. The molecule has 3 aromatic rings. The Kier molecular flexibility index (Phi) is 8.29. The third kappa shape index (κ3) is 5.95. The molecule has 2 aromatic carbocycles. The molecule has 0 radical (unpaired) electrons. The molecule has 0 unspecified atom stereocenters. The Balaban J connectivity index is 1.83. The van der Waals surface area contributed by atoms with Gasteiger partial charge in [-0.3, -0.25) is 19.8 Å². The molecule has 180 valence electrons. The van der Waals surface area contributed by atoms with Gasteiger partial charge in [0.05, 0.1) is 19.9 Å². The Hall–Kier alpha value is -3.81. The van der Waals surface area contributed by atoms with Crippen molar-refractivity contribution in [1.29, 1.82) is 0 Å². The molecule has 0 aliphatic heterocycles. The van der Waals surface area contributed by atoms with E-state index in [1.54, 1.807) is 32.4 Å². The van der Waals surface area contributed by atoms with Crippen molar-refractivity contribution in [2.24, 2.45) is 4.99 Å². The number of aryl methyl sites for hydroxylation is 3. The third-order valence-corrected chi connectivity index (χ3v) is 5.62. The summed E-state index contributed by atoms with van der Waals surface area (Å²) in [5.74, 6) is 1.32. The van der Waals surface area contributed by atoms with E-state index in [1.807, 2.05) is 42.8 Å². The highest BCUT2D eigenvalue weighted by molar-refractivity contribution is 6.10. The standard InChI is InChI=1S/C26H33N5O3/c1-7-31-19(4)22(18(3)30-31)13-14-27-26(29-25(32)20-10-8-9-17(2)15-20)28-21-11-12-23(33-5)24(16-21)34-6/h8-12,15-16H,7,13-14H2,1-6H3,(H2,27,28,29,32). The molecule has 34 heavy (non-hydrogen) atoms. The zero-order valence-electron chi connectivity index (χ0n) is 20.7. The zero-order chi connectivity index (χ0) is 24.7. The van der Waals surface area contributed by atoms with Gasteiger partial charge in [-0.05, 0) is 63.9 Å². The number of anilines is 1. The maximum Gasteiger partial charge on any atom is 0.257 e. The van der Waals surface area contributed by atoms with Crippen molar-refractivity contribution in [3.63, 3.8) is 0 Å². The van der Waals surface area contributed by atoms with Gasteiger partial charge in [0, 0.05) is 36.1 Å². The quantitative estimate of drug-likeness (QED) is 0.384. The Morgan fingerprint density at radius 1 is 1.06 bits per heavy atom. The molecule has 0 bridgehead atoms. The number of ether oxygens (including phenoxy) is 2. The van der Waals surface area contributed by atoms with Gasteiger partial charge in [0.2, 0.25) is 5.96 Å². The first kappa shape index (κ1) is 24.8. The largest absolute Gasteiger partial charge is 0.493 e. The highest BCUT2D eigenvalue weighted by Gasteiger charge is 2.13. The summed E-state index contributed by atoms with van der Waals surface area (Å²) >= 11 is 0. The minimum Gasteiger partial charge on any atom is -0.493 e. The SMILES string of the molecule is CCn1nc(C)c(CCN=C(NC(=O)c2cccc(C)c2)Nc2ccc(OC)c(OC)c2)c1C. The summed E-state index contributed by atoms with van der Waals surface area (Å²) in [6, 6.07) is 12.9. The minimum atomic E-state index is -0.235. The predicted molar refractivity (Wildman–Crippen MR) is 135 cm³/mol. The van der Waals surface area contributed by atoms with Crippen LogP contribution in [-0.2, 0) is 13.0 Å². The van der Waals surface area contributed by atoms with Gasteiger partial charge in [0.25, 0.3) is 5.91 Å². The monoisotopic (exact) mass is 463 g/mol. The number of rotatable bonds is 8. The average molecular weight is 464 g/mol. The fraction of sp³-hybridized carbons (Fsp3) is 0.346. The molecule has 0 aliphatic carbocycles. The van der Waals surface area contributed by atoms with Crippen molar-refractivity contribution in [1.82, 2.24) is 15.1 Å². The van der Waals surface area contributed by atoms with Gasteiger partial charge >= 0.3 is 0 Å². The summed E-state index contributed by atoms with van der Waals surface area (Å²) in [5.41, 5.74) is 5.63. The van der Waals surface area contributed by atoms with E-state index in [1.165, 1.54) is 5.56 Å². The van der Waals surface area contributed by atoms with E-state index in [-0.39, 0.29) is 5.91 Å². The molecule has 1 aromatic heterocycles. The van der Waals surface area contributed by atoms with E-state index in [9.17, 15) is 4.79 Å². The van der Waals surface area contributed by atoms with Gasteiger partial charge < -0.3 is 14.8 Å². The van der Waals surface area contributed by atoms with Crippen LogP contribution in [0.1, 0.15) is 39.8 Å². The van der Waals surface area contributed by atoms with Crippen LogP contribution in [0.2, 0.25) is 0 Å². The van der Waals surface area contributed by atoms with E-state index in [0.717, 1.165) is 29.9 Å². The Labute approximate surface area is 201 Å². The highest BCUT2D eigenvalue weighted by atomic mass is 16.5. The van der Waals surface area contributed by atoms with Gasteiger partial charge in [-0.15, -0.1) is 0 Å². The first-order chi connectivity index (χ1) is 16.4. The summed E-state index contributed by atoms with van der Waals surface area (Å²) in [7, 11) is 3.17. The number of aliphatic imine (C=N–C) groups is 1. The molecule has 2 N–H and O–H groups in total. The first-order valence-electron chi connectivity index (χ1n) is 11.3. The van der Waals surface area contributed by atoms with Crippen molar-refractivity contribution >= 4 is 17.6 Å². The number of hydrogen-bond donors (Lipinski definition) is 2. The van der Waals surface area contributed by atoms with E-state index < -0.39 is 0 Å². The van der Waals surface area contributed by atoms with Gasteiger partial charge in [0.15, 0.2) is 11.5 Å². The highest BCUT2D eigenvalue weighted by Crippen LogP contribution is 2.29.